The third kappa shape index (κ3) is 3.23. The van der Waals surface area contributed by atoms with Gasteiger partial charge >= 0.3 is 0 Å². The van der Waals surface area contributed by atoms with Crippen LogP contribution in [0.1, 0.15) is 19.0 Å². The number of hydrogen-bond acceptors (Lipinski definition) is 4. The van der Waals surface area contributed by atoms with Gasteiger partial charge in [-0.1, -0.05) is 6.92 Å². The van der Waals surface area contributed by atoms with Crippen molar-refractivity contribution in [1.29, 1.82) is 0 Å². The lowest BCUT2D eigenvalue weighted by Gasteiger charge is -2.37. The Kier molecular flexibility index (Phi) is 3.87. The van der Waals surface area contributed by atoms with Crippen molar-refractivity contribution in [3.63, 3.8) is 0 Å². The molecule has 0 aromatic carbocycles. The van der Waals surface area contributed by atoms with Crippen LogP contribution in [0.25, 0.3) is 11.4 Å². The fourth-order valence-corrected chi connectivity index (χ4v) is 2.70. The molecule has 0 radical (unpaired) electrons. The molecular formula is C16H18F2N4O. The van der Waals surface area contributed by atoms with Crippen LogP contribution in [0.5, 0.6) is 0 Å². The summed E-state index contributed by atoms with van der Waals surface area (Å²) in [5, 5.41) is 0. The van der Waals surface area contributed by atoms with E-state index < -0.39 is 11.8 Å². The highest BCUT2D eigenvalue weighted by molar-refractivity contribution is 5.60. The number of alkyl halides is 2. The molecule has 3 heterocycles. The monoisotopic (exact) mass is 320 g/mol. The lowest BCUT2D eigenvalue weighted by molar-refractivity contribution is -0.0573. The first kappa shape index (κ1) is 15.6. The van der Waals surface area contributed by atoms with E-state index in [1.807, 2.05) is 0 Å². The number of pyridine rings is 1. The molecule has 1 unspecified atom stereocenters. The van der Waals surface area contributed by atoms with Crippen molar-refractivity contribution in [2.75, 3.05) is 18.0 Å². The van der Waals surface area contributed by atoms with Crippen LogP contribution in [-0.4, -0.2) is 34.0 Å². The molecule has 1 saturated heterocycles. The Hall–Kier alpha value is -2.31. The lowest BCUT2D eigenvalue weighted by atomic mass is 9.95. The van der Waals surface area contributed by atoms with Crippen molar-refractivity contribution in [3.8, 4) is 11.4 Å². The Morgan fingerprint density at radius 1 is 1.39 bits per heavy atom. The van der Waals surface area contributed by atoms with Crippen LogP contribution in [-0.2, 0) is 0 Å². The molecule has 7 heteroatoms. The SMILES string of the molecule is Cc1cc(=O)[nH]c(-c2ccnc(N3CCC(C)C(F)(F)C3)c2)n1. The minimum absolute atomic E-state index is 0.246. The fraction of sp³-hybridized carbons (Fsp3) is 0.438. The van der Waals surface area contributed by atoms with Gasteiger partial charge in [0.1, 0.15) is 11.6 Å². The van der Waals surface area contributed by atoms with Crippen LogP contribution < -0.4 is 10.5 Å². The van der Waals surface area contributed by atoms with Gasteiger partial charge in [0.2, 0.25) is 0 Å². The number of rotatable bonds is 2. The molecule has 122 valence electrons. The zero-order valence-corrected chi connectivity index (χ0v) is 13.0. The number of halogens is 2. The number of aryl methyl sites for hydroxylation is 1. The minimum atomic E-state index is -2.73. The first-order valence-corrected chi connectivity index (χ1v) is 7.52. The van der Waals surface area contributed by atoms with Gasteiger partial charge in [0, 0.05) is 36.0 Å². The van der Waals surface area contributed by atoms with Gasteiger partial charge in [-0.25, -0.2) is 18.7 Å². The summed E-state index contributed by atoms with van der Waals surface area (Å²) < 4.78 is 27.9. The van der Waals surface area contributed by atoms with E-state index in [-0.39, 0.29) is 12.1 Å². The van der Waals surface area contributed by atoms with Crippen molar-refractivity contribution in [2.24, 2.45) is 5.92 Å². The quantitative estimate of drug-likeness (QED) is 0.924. The number of anilines is 1. The standard InChI is InChI=1S/C16H18F2N4O/c1-10-4-6-22(9-16(10,17)18)13-8-12(3-5-19-13)15-20-11(2)7-14(23)21-15/h3,5,7-8,10H,4,6,9H2,1-2H3,(H,20,21,23). The third-order valence-corrected chi connectivity index (χ3v) is 4.17. The highest BCUT2D eigenvalue weighted by Gasteiger charge is 2.42. The highest BCUT2D eigenvalue weighted by atomic mass is 19.3. The summed E-state index contributed by atoms with van der Waals surface area (Å²) in [5.41, 5.74) is 1.00. The second-order valence-corrected chi connectivity index (χ2v) is 6.01. The molecule has 0 spiro atoms. The summed E-state index contributed by atoms with van der Waals surface area (Å²) in [5.74, 6) is -2.48. The first-order valence-electron chi connectivity index (χ1n) is 7.52. The molecule has 1 atom stereocenters. The van der Waals surface area contributed by atoms with Crippen LogP contribution >= 0.6 is 0 Å². The zero-order chi connectivity index (χ0) is 16.6. The maximum atomic E-state index is 13.9. The Morgan fingerprint density at radius 2 is 2.17 bits per heavy atom. The number of aromatic amines is 1. The van der Waals surface area contributed by atoms with Crippen molar-refractivity contribution >= 4 is 5.82 Å². The van der Waals surface area contributed by atoms with Crippen molar-refractivity contribution < 1.29 is 8.78 Å². The maximum absolute atomic E-state index is 13.9. The number of H-pyrrole nitrogens is 1. The summed E-state index contributed by atoms with van der Waals surface area (Å²) in [6.07, 6.45) is 1.96. The predicted molar refractivity (Wildman–Crippen MR) is 83.8 cm³/mol. The van der Waals surface area contributed by atoms with Gasteiger partial charge in [0.15, 0.2) is 0 Å². The van der Waals surface area contributed by atoms with E-state index >= 15 is 0 Å². The Morgan fingerprint density at radius 3 is 2.87 bits per heavy atom. The van der Waals surface area contributed by atoms with Gasteiger partial charge < -0.3 is 9.88 Å². The molecule has 0 bridgehead atoms. The molecule has 0 aliphatic carbocycles. The Balaban J connectivity index is 1.93. The van der Waals surface area contributed by atoms with Crippen LogP contribution in [0, 0.1) is 12.8 Å². The van der Waals surface area contributed by atoms with E-state index in [4.69, 9.17) is 0 Å². The number of nitrogens with zero attached hydrogens (tertiary/aromatic N) is 3. The van der Waals surface area contributed by atoms with Crippen LogP contribution in [0.3, 0.4) is 0 Å². The summed E-state index contributed by atoms with van der Waals surface area (Å²) in [4.78, 5) is 24.3. The van der Waals surface area contributed by atoms with Crippen LogP contribution in [0.2, 0.25) is 0 Å². The molecule has 0 saturated carbocycles. The average molecular weight is 320 g/mol. The smallest absolute Gasteiger partial charge is 0.267 e. The second kappa shape index (κ2) is 5.72. The van der Waals surface area contributed by atoms with Crippen molar-refractivity contribution in [1.82, 2.24) is 15.0 Å². The van der Waals surface area contributed by atoms with E-state index in [9.17, 15) is 13.6 Å². The number of piperidine rings is 1. The molecule has 1 aliphatic rings. The van der Waals surface area contributed by atoms with E-state index in [2.05, 4.69) is 15.0 Å². The zero-order valence-electron chi connectivity index (χ0n) is 13.0. The molecule has 5 nitrogen and oxygen atoms in total. The Bertz CT molecular complexity index is 775. The topological polar surface area (TPSA) is 61.9 Å². The summed E-state index contributed by atoms with van der Waals surface area (Å²) >= 11 is 0. The molecule has 1 fully saturated rings. The highest BCUT2D eigenvalue weighted by Crippen LogP contribution is 2.34. The van der Waals surface area contributed by atoms with E-state index in [1.54, 1.807) is 37.1 Å². The second-order valence-electron chi connectivity index (χ2n) is 6.01. The summed E-state index contributed by atoms with van der Waals surface area (Å²) in [6, 6.07) is 4.79. The molecule has 2 aromatic heterocycles. The lowest BCUT2D eigenvalue weighted by Crippen LogP contribution is -2.48. The number of aromatic nitrogens is 3. The molecule has 23 heavy (non-hydrogen) atoms. The molecule has 2 aromatic rings. The van der Waals surface area contributed by atoms with Crippen LogP contribution in [0.4, 0.5) is 14.6 Å². The fourth-order valence-electron chi connectivity index (χ4n) is 2.70. The van der Waals surface area contributed by atoms with Gasteiger partial charge in [0.25, 0.3) is 11.5 Å². The maximum Gasteiger partial charge on any atom is 0.267 e. The minimum Gasteiger partial charge on any atom is -0.351 e. The van der Waals surface area contributed by atoms with Crippen LogP contribution in [0.15, 0.2) is 29.2 Å². The average Bonchev–Trinajstić information content (AvgIpc) is 2.49. The Labute approximate surface area is 132 Å². The van der Waals surface area contributed by atoms with Gasteiger partial charge in [-0.15, -0.1) is 0 Å². The van der Waals surface area contributed by atoms with Gasteiger partial charge in [-0.05, 0) is 25.5 Å². The summed E-state index contributed by atoms with van der Waals surface area (Å²) in [6.45, 7) is 3.49. The molecule has 1 N–H and O–H groups in total. The first-order chi connectivity index (χ1) is 10.8. The van der Waals surface area contributed by atoms with E-state index in [1.165, 1.54) is 6.07 Å². The number of hydrogen-bond donors (Lipinski definition) is 1. The molecule has 1 aliphatic heterocycles. The predicted octanol–water partition coefficient (Wildman–Crippen LogP) is 2.62. The number of nitrogens with one attached hydrogen (secondary N) is 1. The van der Waals surface area contributed by atoms with Gasteiger partial charge in [-0.2, -0.15) is 0 Å². The van der Waals surface area contributed by atoms with E-state index in [0.717, 1.165) is 0 Å². The summed E-state index contributed by atoms with van der Waals surface area (Å²) in [7, 11) is 0. The van der Waals surface area contributed by atoms with Crippen molar-refractivity contribution in [3.05, 3.63) is 40.4 Å². The normalized spacial score (nSPS) is 20.5. The van der Waals surface area contributed by atoms with Crippen molar-refractivity contribution in [2.45, 2.75) is 26.2 Å². The van der Waals surface area contributed by atoms with Gasteiger partial charge in [-0.3, -0.25) is 4.79 Å². The van der Waals surface area contributed by atoms with E-state index in [0.29, 0.717) is 35.9 Å². The molecular weight excluding hydrogens is 302 g/mol. The van der Waals surface area contributed by atoms with Gasteiger partial charge in [0.05, 0.1) is 6.54 Å². The third-order valence-electron chi connectivity index (χ3n) is 4.17. The largest absolute Gasteiger partial charge is 0.351 e. The molecule has 3 rings (SSSR count). The molecule has 0 amide bonds.